The van der Waals surface area contributed by atoms with Gasteiger partial charge in [-0.2, -0.15) is 0 Å². The van der Waals surface area contributed by atoms with Crippen molar-refractivity contribution in [1.29, 1.82) is 0 Å². The van der Waals surface area contributed by atoms with Crippen LogP contribution in [0.1, 0.15) is 51.9 Å². The summed E-state index contributed by atoms with van der Waals surface area (Å²) in [5.74, 6) is 0.293. The van der Waals surface area contributed by atoms with Crippen LogP contribution < -0.4 is 5.32 Å². The van der Waals surface area contributed by atoms with Crippen molar-refractivity contribution >= 4 is 24.2 Å². The molecule has 0 radical (unpaired) electrons. The van der Waals surface area contributed by atoms with Crippen molar-refractivity contribution in [2.75, 3.05) is 32.7 Å². The minimum absolute atomic E-state index is 0. The van der Waals surface area contributed by atoms with E-state index in [1.54, 1.807) is 4.90 Å². The van der Waals surface area contributed by atoms with Crippen molar-refractivity contribution in [2.24, 2.45) is 0 Å². The van der Waals surface area contributed by atoms with Crippen LogP contribution in [0.2, 0.25) is 0 Å². The molecule has 0 aromatic rings. The molecule has 128 valence electrons. The number of rotatable bonds is 5. The Kier molecular flexibility index (Phi) is 8.79. The zero-order valence-corrected chi connectivity index (χ0v) is 14.5. The average molecular weight is 332 g/mol. The molecule has 0 aliphatic carbocycles. The van der Waals surface area contributed by atoms with Gasteiger partial charge in [0.05, 0.1) is 6.54 Å². The highest BCUT2D eigenvalue weighted by Crippen LogP contribution is 2.15. The maximum Gasteiger partial charge on any atom is 0.242 e. The summed E-state index contributed by atoms with van der Waals surface area (Å²) >= 11 is 0. The van der Waals surface area contributed by atoms with Crippen LogP contribution in [0.25, 0.3) is 0 Å². The molecular weight excluding hydrogens is 302 g/mol. The molecule has 6 heteroatoms. The zero-order valence-electron chi connectivity index (χ0n) is 13.7. The van der Waals surface area contributed by atoms with E-state index in [1.165, 1.54) is 0 Å². The molecule has 2 fully saturated rings. The summed E-state index contributed by atoms with van der Waals surface area (Å²) in [6.45, 7) is 5.92. The molecule has 22 heavy (non-hydrogen) atoms. The van der Waals surface area contributed by atoms with Gasteiger partial charge in [-0.25, -0.2) is 0 Å². The van der Waals surface area contributed by atoms with Crippen molar-refractivity contribution in [3.05, 3.63) is 0 Å². The second-order valence-electron chi connectivity index (χ2n) is 6.19. The normalized spacial score (nSPS) is 20.2. The van der Waals surface area contributed by atoms with Gasteiger partial charge in [0.15, 0.2) is 0 Å². The van der Waals surface area contributed by atoms with E-state index in [2.05, 4.69) is 12.2 Å². The number of nitrogens with zero attached hydrogens (tertiary/aromatic N) is 2. The molecule has 0 unspecified atom stereocenters. The number of carbonyl (C=O) groups excluding carboxylic acids is 2. The zero-order chi connectivity index (χ0) is 15.1. The lowest BCUT2D eigenvalue weighted by atomic mass is 10.0. The first kappa shape index (κ1) is 19.2. The number of hydrogen-bond donors (Lipinski definition) is 1. The van der Waals surface area contributed by atoms with E-state index in [1.807, 2.05) is 4.90 Å². The second kappa shape index (κ2) is 10.1. The fraction of sp³-hybridized carbons (Fsp3) is 0.875. The lowest BCUT2D eigenvalue weighted by molar-refractivity contribution is -0.142. The molecule has 0 atom stereocenters. The topological polar surface area (TPSA) is 52.7 Å². The molecule has 0 saturated carbocycles. The van der Waals surface area contributed by atoms with E-state index in [4.69, 9.17) is 0 Å². The summed E-state index contributed by atoms with van der Waals surface area (Å²) in [5.41, 5.74) is 0. The fourth-order valence-corrected chi connectivity index (χ4v) is 3.33. The van der Waals surface area contributed by atoms with Gasteiger partial charge < -0.3 is 15.1 Å². The van der Waals surface area contributed by atoms with Gasteiger partial charge in [-0.3, -0.25) is 9.59 Å². The van der Waals surface area contributed by atoms with Crippen LogP contribution in [0.3, 0.4) is 0 Å². The smallest absolute Gasteiger partial charge is 0.242 e. The molecular formula is C16H30ClN3O2. The first-order valence-electron chi connectivity index (χ1n) is 8.50. The SMILES string of the molecule is CCCN(C(=O)CN1CCCCCC1=O)C1CCNCC1.Cl. The molecule has 2 rings (SSSR count). The number of amides is 2. The molecule has 0 aromatic carbocycles. The predicted molar refractivity (Wildman–Crippen MR) is 90.2 cm³/mol. The minimum atomic E-state index is 0. The highest BCUT2D eigenvalue weighted by molar-refractivity contribution is 5.85. The van der Waals surface area contributed by atoms with Crippen molar-refractivity contribution in [2.45, 2.75) is 57.9 Å². The number of nitrogens with one attached hydrogen (secondary N) is 1. The van der Waals surface area contributed by atoms with Crippen molar-refractivity contribution in [3.8, 4) is 0 Å². The van der Waals surface area contributed by atoms with E-state index < -0.39 is 0 Å². The largest absolute Gasteiger partial charge is 0.338 e. The number of piperidine rings is 1. The van der Waals surface area contributed by atoms with Crippen LogP contribution in [-0.4, -0.2) is 60.4 Å². The Bertz CT molecular complexity index is 359. The van der Waals surface area contributed by atoms with Gasteiger partial charge in [-0.15, -0.1) is 12.4 Å². The Morgan fingerprint density at radius 1 is 1.27 bits per heavy atom. The molecule has 0 spiro atoms. The second-order valence-corrected chi connectivity index (χ2v) is 6.19. The highest BCUT2D eigenvalue weighted by Gasteiger charge is 2.27. The molecule has 2 aliphatic rings. The summed E-state index contributed by atoms with van der Waals surface area (Å²) in [6.07, 6.45) is 6.73. The highest BCUT2D eigenvalue weighted by atomic mass is 35.5. The molecule has 5 nitrogen and oxygen atoms in total. The number of carbonyl (C=O) groups is 2. The Balaban J connectivity index is 0.00000242. The van der Waals surface area contributed by atoms with Crippen molar-refractivity contribution < 1.29 is 9.59 Å². The summed E-state index contributed by atoms with van der Waals surface area (Å²) in [6, 6.07) is 0.348. The molecule has 2 saturated heterocycles. The Morgan fingerprint density at radius 2 is 2.00 bits per heavy atom. The van der Waals surface area contributed by atoms with Gasteiger partial charge in [-0.05, 0) is 45.2 Å². The number of hydrogen-bond acceptors (Lipinski definition) is 3. The van der Waals surface area contributed by atoms with Gasteiger partial charge in [0.2, 0.25) is 11.8 Å². The maximum absolute atomic E-state index is 12.7. The van der Waals surface area contributed by atoms with Crippen LogP contribution in [0.15, 0.2) is 0 Å². The Hall–Kier alpha value is -0.810. The summed E-state index contributed by atoms with van der Waals surface area (Å²) < 4.78 is 0. The van der Waals surface area contributed by atoms with Crippen LogP contribution in [-0.2, 0) is 9.59 Å². The lowest BCUT2D eigenvalue weighted by Gasteiger charge is -2.36. The molecule has 0 bridgehead atoms. The summed E-state index contributed by atoms with van der Waals surface area (Å²) in [5, 5.41) is 3.34. The van der Waals surface area contributed by atoms with Crippen LogP contribution in [0.5, 0.6) is 0 Å². The first-order chi connectivity index (χ1) is 10.2. The quantitative estimate of drug-likeness (QED) is 0.835. The van der Waals surface area contributed by atoms with Gasteiger partial charge in [0.25, 0.3) is 0 Å². The minimum Gasteiger partial charge on any atom is -0.338 e. The molecule has 1 N–H and O–H groups in total. The Labute approximate surface area is 140 Å². The average Bonchev–Trinajstić information content (AvgIpc) is 2.70. The summed E-state index contributed by atoms with van der Waals surface area (Å²) in [4.78, 5) is 28.5. The van der Waals surface area contributed by atoms with E-state index in [0.717, 1.165) is 64.7 Å². The third-order valence-corrected chi connectivity index (χ3v) is 4.53. The van der Waals surface area contributed by atoms with Crippen molar-refractivity contribution in [3.63, 3.8) is 0 Å². The lowest BCUT2D eigenvalue weighted by Crippen LogP contribution is -2.50. The fourth-order valence-electron chi connectivity index (χ4n) is 3.33. The van der Waals surface area contributed by atoms with Gasteiger partial charge in [0.1, 0.15) is 0 Å². The Morgan fingerprint density at radius 3 is 2.68 bits per heavy atom. The third kappa shape index (κ3) is 5.43. The number of likely N-dealkylation sites (tertiary alicyclic amines) is 1. The molecule has 0 aromatic heterocycles. The van der Waals surface area contributed by atoms with Crippen LogP contribution >= 0.6 is 12.4 Å². The standard InChI is InChI=1S/C16H29N3O2.ClH/c1-2-11-19(14-7-9-17-10-8-14)16(21)13-18-12-5-3-4-6-15(18)20;/h14,17H,2-13H2,1H3;1H. The van der Waals surface area contributed by atoms with Crippen molar-refractivity contribution in [1.82, 2.24) is 15.1 Å². The third-order valence-electron chi connectivity index (χ3n) is 4.53. The van der Waals surface area contributed by atoms with Gasteiger partial charge in [-0.1, -0.05) is 13.3 Å². The predicted octanol–water partition coefficient (Wildman–Crippen LogP) is 1.80. The molecule has 2 heterocycles. The van der Waals surface area contributed by atoms with Crippen LogP contribution in [0, 0.1) is 0 Å². The first-order valence-corrected chi connectivity index (χ1v) is 8.50. The number of halogens is 1. The van der Waals surface area contributed by atoms with E-state index in [9.17, 15) is 9.59 Å². The van der Waals surface area contributed by atoms with E-state index >= 15 is 0 Å². The summed E-state index contributed by atoms with van der Waals surface area (Å²) in [7, 11) is 0. The molecule has 2 aliphatic heterocycles. The van der Waals surface area contributed by atoms with Gasteiger partial charge >= 0.3 is 0 Å². The van der Waals surface area contributed by atoms with E-state index in [-0.39, 0.29) is 30.8 Å². The maximum atomic E-state index is 12.7. The van der Waals surface area contributed by atoms with Crippen LogP contribution in [0.4, 0.5) is 0 Å². The molecule has 2 amide bonds. The monoisotopic (exact) mass is 331 g/mol. The van der Waals surface area contributed by atoms with Gasteiger partial charge in [0, 0.05) is 25.6 Å². The van der Waals surface area contributed by atoms with E-state index in [0.29, 0.717) is 12.5 Å².